The highest BCUT2D eigenvalue weighted by Crippen LogP contribution is 2.23. The molecule has 1 aromatic rings. The lowest BCUT2D eigenvalue weighted by Crippen LogP contribution is -2.45. The summed E-state index contributed by atoms with van der Waals surface area (Å²) in [5.74, 6) is 1.06. The summed E-state index contributed by atoms with van der Waals surface area (Å²) in [5, 5.41) is 3.54. The van der Waals surface area contributed by atoms with Crippen molar-refractivity contribution in [3.8, 4) is 0 Å². The summed E-state index contributed by atoms with van der Waals surface area (Å²) >= 11 is 0. The topological polar surface area (TPSA) is 28.4 Å². The molecular formula is C13H22N2O. The van der Waals surface area contributed by atoms with Crippen LogP contribution in [0.5, 0.6) is 0 Å². The number of furan rings is 1. The molecule has 0 amide bonds. The third-order valence-electron chi connectivity index (χ3n) is 3.51. The van der Waals surface area contributed by atoms with Gasteiger partial charge in [-0.3, -0.25) is 4.90 Å². The third-order valence-corrected chi connectivity index (χ3v) is 3.51. The van der Waals surface area contributed by atoms with Crippen LogP contribution in [0.15, 0.2) is 22.8 Å². The zero-order valence-electron chi connectivity index (χ0n) is 10.5. The van der Waals surface area contributed by atoms with Gasteiger partial charge in [-0.2, -0.15) is 0 Å². The molecule has 2 heterocycles. The predicted molar refractivity (Wildman–Crippen MR) is 65.3 cm³/mol. The molecule has 1 unspecified atom stereocenters. The molecule has 0 aromatic carbocycles. The molecule has 1 aliphatic rings. The summed E-state index contributed by atoms with van der Waals surface area (Å²) in [6, 6.07) is 4.57. The van der Waals surface area contributed by atoms with Crippen molar-refractivity contribution >= 4 is 0 Å². The van der Waals surface area contributed by atoms with E-state index in [2.05, 4.69) is 37.1 Å². The van der Waals surface area contributed by atoms with Crippen molar-refractivity contribution in [1.29, 1.82) is 0 Å². The summed E-state index contributed by atoms with van der Waals surface area (Å²) < 4.78 is 5.44. The lowest BCUT2D eigenvalue weighted by atomic mass is 9.98. The van der Waals surface area contributed by atoms with Crippen molar-refractivity contribution in [2.75, 3.05) is 13.1 Å². The zero-order valence-corrected chi connectivity index (χ0v) is 10.5. The van der Waals surface area contributed by atoms with Gasteiger partial charge in [0.05, 0.1) is 12.8 Å². The molecule has 0 spiro atoms. The second kappa shape index (κ2) is 4.60. The first-order chi connectivity index (χ1) is 7.58. The van der Waals surface area contributed by atoms with Gasteiger partial charge in [-0.25, -0.2) is 0 Å². The van der Waals surface area contributed by atoms with Crippen LogP contribution >= 0.6 is 0 Å². The van der Waals surface area contributed by atoms with E-state index in [4.69, 9.17) is 4.42 Å². The zero-order chi connectivity index (χ0) is 11.6. The maximum absolute atomic E-state index is 5.44. The number of hydrogen-bond acceptors (Lipinski definition) is 3. The van der Waals surface area contributed by atoms with Crippen LogP contribution in [0.2, 0.25) is 0 Å². The van der Waals surface area contributed by atoms with Gasteiger partial charge in [0.1, 0.15) is 5.76 Å². The second-order valence-electron chi connectivity index (χ2n) is 5.38. The standard InChI is InChI=1S/C13H22N2O/c1-11-9-15(10-12-5-4-8-16-12)13(2,3)6-7-14-11/h4-5,8,11,14H,6-7,9-10H2,1-3H3. The maximum Gasteiger partial charge on any atom is 0.117 e. The Morgan fingerprint density at radius 2 is 2.38 bits per heavy atom. The van der Waals surface area contributed by atoms with E-state index in [1.165, 1.54) is 6.42 Å². The minimum absolute atomic E-state index is 0.241. The van der Waals surface area contributed by atoms with Crippen LogP contribution in [-0.4, -0.2) is 29.6 Å². The largest absolute Gasteiger partial charge is 0.468 e. The molecule has 1 atom stereocenters. The molecule has 2 rings (SSSR count). The highest BCUT2D eigenvalue weighted by Gasteiger charge is 2.30. The molecule has 1 aliphatic heterocycles. The highest BCUT2D eigenvalue weighted by molar-refractivity contribution is 5.00. The fourth-order valence-corrected chi connectivity index (χ4v) is 2.29. The quantitative estimate of drug-likeness (QED) is 0.832. The fourth-order valence-electron chi connectivity index (χ4n) is 2.29. The maximum atomic E-state index is 5.44. The minimum Gasteiger partial charge on any atom is -0.468 e. The van der Waals surface area contributed by atoms with Crippen LogP contribution in [0.4, 0.5) is 0 Å². The van der Waals surface area contributed by atoms with Gasteiger partial charge >= 0.3 is 0 Å². The summed E-state index contributed by atoms with van der Waals surface area (Å²) in [7, 11) is 0. The molecule has 3 nitrogen and oxygen atoms in total. The predicted octanol–water partition coefficient (Wildman–Crippen LogP) is 2.24. The van der Waals surface area contributed by atoms with Gasteiger partial charge in [-0.1, -0.05) is 0 Å². The van der Waals surface area contributed by atoms with E-state index in [0.717, 1.165) is 25.4 Å². The molecule has 1 N–H and O–H groups in total. The Kier molecular flexibility index (Phi) is 3.36. The van der Waals surface area contributed by atoms with Gasteiger partial charge in [0.25, 0.3) is 0 Å². The van der Waals surface area contributed by atoms with Gasteiger partial charge in [0.2, 0.25) is 0 Å². The average molecular weight is 222 g/mol. The number of hydrogen-bond donors (Lipinski definition) is 1. The average Bonchev–Trinajstić information content (AvgIpc) is 2.64. The first-order valence-electron chi connectivity index (χ1n) is 6.09. The number of nitrogens with zero attached hydrogens (tertiary/aromatic N) is 1. The van der Waals surface area contributed by atoms with Gasteiger partial charge < -0.3 is 9.73 Å². The first kappa shape index (κ1) is 11.7. The van der Waals surface area contributed by atoms with Crippen LogP contribution < -0.4 is 5.32 Å². The summed E-state index contributed by atoms with van der Waals surface area (Å²) in [4.78, 5) is 2.51. The summed E-state index contributed by atoms with van der Waals surface area (Å²) in [6.07, 6.45) is 2.93. The Morgan fingerprint density at radius 1 is 1.56 bits per heavy atom. The van der Waals surface area contributed by atoms with Crippen molar-refractivity contribution in [3.63, 3.8) is 0 Å². The van der Waals surface area contributed by atoms with E-state index in [1.54, 1.807) is 6.26 Å². The van der Waals surface area contributed by atoms with Crippen LogP contribution in [0.3, 0.4) is 0 Å². The molecule has 0 bridgehead atoms. The monoisotopic (exact) mass is 222 g/mol. The Hall–Kier alpha value is -0.800. The van der Waals surface area contributed by atoms with E-state index >= 15 is 0 Å². The van der Waals surface area contributed by atoms with Crippen LogP contribution in [-0.2, 0) is 6.54 Å². The van der Waals surface area contributed by atoms with Gasteiger partial charge in [-0.05, 0) is 45.9 Å². The van der Waals surface area contributed by atoms with E-state index in [1.807, 2.05) is 6.07 Å². The van der Waals surface area contributed by atoms with Crippen molar-refractivity contribution in [2.45, 2.75) is 45.3 Å². The normalized spacial score (nSPS) is 26.6. The molecule has 90 valence electrons. The highest BCUT2D eigenvalue weighted by atomic mass is 16.3. The summed E-state index contributed by atoms with van der Waals surface area (Å²) in [5.41, 5.74) is 0.241. The molecule has 1 saturated heterocycles. The first-order valence-corrected chi connectivity index (χ1v) is 6.09. The van der Waals surface area contributed by atoms with Crippen LogP contribution in [0.1, 0.15) is 33.0 Å². The Labute approximate surface area is 97.8 Å². The second-order valence-corrected chi connectivity index (χ2v) is 5.38. The van der Waals surface area contributed by atoms with E-state index < -0.39 is 0 Å². The summed E-state index contributed by atoms with van der Waals surface area (Å²) in [6.45, 7) is 9.96. The van der Waals surface area contributed by atoms with E-state index in [-0.39, 0.29) is 5.54 Å². The molecule has 1 aromatic heterocycles. The smallest absolute Gasteiger partial charge is 0.117 e. The van der Waals surface area contributed by atoms with Crippen molar-refractivity contribution in [3.05, 3.63) is 24.2 Å². The molecular weight excluding hydrogens is 200 g/mol. The number of rotatable bonds is 2. The Morgan fingerprint density at radius 3 is 3.06 bits per heavy atom. The van der Waals surface area contributed by atoms with Crippen molar-refractivity contribution < 1.29 is 4.42 Å². The minimum atomic E-state index is 0.241. The van der Waals surface area contributed by atoms with Gasteiger partial charge in [-0.15, -0.1) is 0 Å². The van der Waals surface area contributed by atoms with Crippen molar-refractivity contribution in [1.82, 2.24) is 10.2 Å². The molecule has 16 heavy (non-hydrogen) atoms. The molecule has 0 aliphatic carbocycles. The Bertz CT molecular complexity index is 319. The molecule has 0 radical (unpaired) electrons. The number of nitrogens with one attached hydrogen (secondary N) is 1. The van der Waals surface area contributed by atoms with Crippen LogP contribution in [0, 0.1) is 0 Å². The van der Waals surface area contributed by atoms with E-state index in [9.17, 15) is 0 Å². The van der Waals surface area contributed by atoms with Gasteiger partial charge in [0.15, 0.2) is 0 Å². The molecule has 1 fully saturated rings. The lowest BCUT2D eigenvalue weighted by molar-refractivity contribution is 0.103. The third kappa shape index (κ3) is 2.66. The Balaban J connectivity index is 2.09. The van der Waals surface area contributed by atoms with Gasteiger partial charge in [0, 0.05) is 18.1 Å². The van der Waals surface area contributed by atoms with Crippen molar-refractivity contribution in [2.24, 2.45) is 0 Å². The van der Waals surface area contributed by atoms with E-state index in [0.29, 0.717) is 6.04 Å². The van der Waals surface area contributed by atoms with Crippen LogP contribution in [0.25, 0.3) is 0 Å². The molecule has 3 heteroatoms. The lowest BCUT2D eigenvalue weighted by Gasteiger charge is -2.36. The molecule has 0 saturated carbocycles. The fraction of sp³-hybridized carbons (Fsp3) is 0.692. The SMILES string of the molecule is CC1CN(Cc2ccco2)C(C)(C)CCN1.